The first-order valence-corrected chi connectivity index (χ1v) is 10.1. The Morgan fingerprint density at radius 3 is 1.90 bits per heavy atom. The summed E-state index contributed by atoms with van der Waals surface area (Å²) in [5, 5.41) is 0. The smallest absolute Gasteiger partial charge is 0.425 e. The molecule has 1 fully saturated rings. The van der Waals surface area contributed by atoms with Crippen molar-refractivity contribution in [3.8, 4) is 0 Å². The normalized spacial score (nSPS) is 17.7. The standard InChI is InChI=1S/C9H23NO3Si.C3H8O2Si/c1-4-11-14(12-5-2,13-6-3)9-7-8-10;6-5-2-3-1-4-3/h4-10H2,1-3H3;3H,1-2H2,6H3. The van der Waals surface area contributed by atoms with Crippen molar-refractivity contribution in [1.82, 2.24) is 0 Å². The Morgan fingerprint density at radius 1 is 1.15 bits per heavy atom. The third-order valence-electron chi connectivity index (χ3n) is 2.53. The van der Waals surface area contributed by atoms with E-state index in [0.29, 0.717) is 32.5 Å². The fourth-order valence-corrected chi connectivity index (χ4v) is 4.68. The molecule has 0 aliphatic carbocycles. The van der Waals surface area contributed by atoms with Crippen molar-refractivity contribution < 1.29 is 22.4 Å². The molecule has 1 aliphatic rings. The van der Waals surface area contributed by atoms with Gasteiger partial charge in [-0.15, -0.1) is 0 Å². The van der Waals surface area contributed by atoms with E-state index in [-0.39, 0.29) is 0 Å². The average Bonchev–Trinajstić information content (AvgIpc) is 3.23. The molecule has 6 nitrogen and oxygen atoms in total. The fraction of sp³-hybridized carbons (Fsp3) is 1.00. The first kappa shape index (κ1) is 20.2. The zero-order valence-electron chi connectivity index (χ0n) is 13.4. The van der Waals surface area contributed by atoms with Crippen LogP contribution in [0.2, 0.25) is 6.04 Å². The van der Waals surface area contributed by atoms with Crippen LogP contribution in [0, 0.1) is 0 Å². The summed E-state index contributed by atoms with van der Waals surface area (Å²) >= 11 is 0. The van der Waals surface area contributed by atoms with Crippen molar-refractivity contribution in [2.75, 3.05) is 39.6 Å². The second-order valence-electron chi connectivity index (χ2n) is 4.28. The lowest BCUT2D eigenvalue weighted by Gasteiger charge is -2.28. The Bertz CT molecular complexity index is 203. The second kappa shape index (κ2) is 12.9. The number of epoxide rings is 1. The summed E-state index contributed by atoms with van der Waals surface area (Å²) in [6.45, 7) is 10.2. The third-order valence-corrected chi connectivity index (χ3v) is 6.02. The summed E-state index contributed by atoms with van der Waals surface area (Å²) in [6.07, 6.45) is 1.36. The maximum Gasteiger partial charge on any atom is 0.500 e. The molecule has 0 aromatic heterocycles. The second-order valence-corrected chi connectivity index (χ2v) is 7.59. The minimum atomic E-state index is -2.40. The number of ether oxygens (including phenoxy) is 1. The van der Waals surface area contributed by atoms with Gasteiger partial charge < -0.3 is 28.2 Å². The minimum absolute atomic E-state index is 0.461. The van der Waals surface area contributed by atoms with Crippen molar-refractivity contribution in [3.05, 3.63) is 0 Å². The van der Waals surface area contributed by atoms with E-state index in [1.807, 2.05) is 20.8 Å². The average molecular weight is 326 g/mol. The topological polar surface area (TPSA) is 75.5 Å². The van der Waals surface area contributed by atoms with E-state index in [2.05, 4.69) is 0 Å². The maximum absolute atomic E-state index is 5.65. The van der Waals surface area contributed by atoms with Gasteiger partial charge in [-0.05, 0) is 33.7 Å². The number of rotatable bonds is 11. The zero-order valence-corrected chi connectivity index (χ0v) is 16.4. The molecule has 1 rings (SSSR count). The van der Waals surface area contributed by atoms with Crippen molar-refractivity contribution in [2.45, 2.75) is 39.3 Å². The minimum Gasteiger partial charge on any atom is -0.425 e. The Hall–Kier alpha value is 0.194. The zero-order chi connectivity index (χ0) is 15.3. The molecular weight excluding hydrogens is 294 g/mol. The van der Waals surface area contributed by atoms with Gasteiger partial charge in [0.1, 0.15) is 16.6 Å². The van der Waals surface area contributed by atoms with E-state index in [0.717, 1.165) is 36.2 Å². The molecule has 0 radical (unpaired) electrons. The van der Waals surface area contributed by atoms with Gasteiger partial charge in [0.05, 0.1) is 13.2 Å². The number of hydrogen-bond donors (Lipinski definition) is 1. The third kappa shape index (κ3) is 10.00. The van der Waals surface area contributed by atoms with Gasteiger partial charge in [-0.2, -0.15) is 0 Å². The highest BCUT2D eigenvalue weighted by Gasteiger charge is 2.39. The molecule has 20 heavy (non-hydrogen) atoms. The molecule has 1 saturated heterocycles. The molecule has 0 spiro atoms. The predicted molar refractivity (Wildman–Crippen MR) is 84.7 cm³/mol. The van der Waals surface area contributed by atoms with Crippen LogP contribution < -0.4 is 5.73 Å². The van der Waals surface area contributed by atoms with E-state index < -0.39 is 8.80 Å². The van der Waals surface area contributed by atoms with E-state index in [1.165, 1.54) is 0 Å². The van der Waals surface area contributed by atoms with Crippen LogP contribution in [0.3, 0.4) is 0 Å². The van der Waals surface area contributed by atoms with Gasteiger partial charge in [0.15, 0.2) is 0 Å². The van der Waals surface area contributed by atoms with Crippen LogP contribution in [0.5, 0.6) is 0 Å². The van der Waals surface area contributed by atoms with Crippen LogP contribution >= 0.6 is 0 Å². The van der Waals surface area contributed by atoms with E-state index in [9.17, 15) is 0 Å². The summed E-state index contributed by atoms with van der Waals surface area (Å²) in [6, 6.07) is 0.818. The van der Waals surface area contributed by atoms with Crippen LogP contribution in [0.15, 0.2) is 0 Å². The van der Waals surface area contributed by atoms with Gasteiger partial charge in [-0.1, -0.05) is 0 Å². The summed E-state index contributed by atoms with van der Waals surface area (Å²) in [4.78, 5) is 0. The molecule has 1 aliphatic heterocycles. The van der Waals surface area contributed by atoms with Crippen LogP contribution in [0.25, 0.3) is 0 Å². The molecule has 1 heterocycles. The predicted octanol–water partition coefficient (Wildman–Crippen LogP) is 0.0658. The quantitative estimate of drug-likeness (QED) is 0.428. The highest BCUT2D eigenvalue weighted by molar-refractivity contribution is 6.60. The van der Waals surface area contributed by atoms with Gasteiger partial charge in [-0.25, -0.2) is 0 Å². The Balaban J connectivity index is 0.000000493. The Kier molecular flexibility index (Phi) is 13.0. The van der Waals surface area contributed by atoms with Crippen molar-refractivity contribution in [2.24, 2.45) is 5.73 Å². The highest BCUT2D eigenvalue weighted by atomic mass is 28.4. The largest absolute Gasteiger partial charge is 0.500 e. The molecule has 0 aromatic carbocycles. The first-order valence-electron chi connectivity index (χ1n) is 7.40. The number of nitrogens with two attached hydrogens (primary N) is 1. The van der Waals surface area contributed by atoms with E-state index >= 15 is 0 Å². The molecule has 122 valence electrons. The molecule has 0 saturated carbocycles. The molecule has 0 amide bonds. The van der Waals surface area contributed by atoms with Gasteiger partial charge in [-0.3, -0.25) is 0 Å². The van der Waals surface area contributed by atoms with Crippen LogP contribution in [0.1, 0.15) is 27.2 Å². The number of hydrogen-bond acceptors (Lipinski definition) is 6. The Labute approximate surface area is 127 Å². The maximum atomic E-state index is 5.65. The Morgan fingerprint density at radius 2 is 1.65 bits per heavy atom. The monoisotopic (exact) mass is 325 g/mol. The summed E-state index contributed by atoms with van der Waals surface area (Å²) in [5.41, 5.74) is 5.48. The van der Waals surface area contributed by atoms with Gasteiger partial charge in [0, 0.05) is 25.9 Å². The summed E-state index contributed by atoms with van der Waals surface area (Å²) in [7, 11) is -1.55. The van der Waals surface area contributed by atoms with E-state index in [4.69, 9.17) is 28.2 Å². The van der Waals surface area contributed by atoms with Crippen molar-refractivity contribution in [1.29, 1.82) is 0 Å². The van der Waals surface area contributed by atoms with Crippen LogP contribution in [-0.4, -0.2) is 65.0 Å². The molecule has 0 aromatic rings. The molecule has 0 bridgehead atoms. The SMILES string of the molecule is CCO[Si](CCCN)(OCC)OCC.[SiH3]OCC1CO1. The molecule has 2 N–H and O–H groups in total. The van der Waals surface area contributed by atoms with Gasteiger partial charge in [0.25, 0.3) is 0 Å². The first-order chi connectivity index (χ1) is 9.67. The summed E-state index contributed by atoms with van der Waals surface area (Å²) < 4.78 is 26.7. The molecule has 8 heteroatoms. The molecular formula is C12H31NO5Si2. The lowest BCUT2D eigenvalue weighted by Crippen LogP contribution is -2.46. The lowest BCUT2D eigenvalue weighted by atomic mass is 10.5. The van der Waals surface area contributed by atoms with Crippen LogP contribution in [0.4, 0.5) is 0 Å². The van der Waals surface area contributed by atoms with E-state index in [1.54, 1.807) is 0 Å². The molecule has 1 atom stereocenters. The van der Waals surface area contributed by atoms with Crippen LogP contribution in [-0.2, 0) is 22.4 Å². The summed E-state index contributed by atoms with van der Waals surface area (Å²) in [5.74, 6) is 0. The lowest BCUT2D eigenvalue weighted by molar-refractivity contribution is 0.0710. The fourth-order valence-electron chi connectivity index (χ4n) is 1.67. The highest BCUT2D eigenvalue weighted by Crippen LogP contribution is 2.17. The van der Waals surface area contributed by atoms with Crippen molar-refractivity contribution >= 4 is 19.3 Å². The molecule has 1 unspecified atom stereocenters. The van der Waals surface area contributed by atoms with Crippen molar-refractivity contribution in [3.63, 3.8) is 0 Å². The van der Waals surface area contributed by atoms with Gasteiger partial charge in [0.2, 0.25) is 0 Å². The van der Waals surface area contributed by atoms with Gasteiger partial charge >= 0.3 is 8.80 Å².